The van der Waals surface area contributed by atoms with E-state index in [1.807, 2.05) is 0 Å². The van der Waals surface area contributed by atoms with Gasteiger partial charge in [0.1, 0.15) is 28.7 Å². The number of halogens is 2. The summed E-state index contributed by atoms with van der Waals surface area (Å²) in [5.41, 5.74) is 3.49. The van der Waals surface area contributed by atoms with Crippen LogP contribution in [0, 0.1) is 11.6 Å². The van der Waals surface area contributed by atoms with Crippen molar-refractivity contribution >= 4 is 17.8 Å². The summed E-state index contributed by atoms with van der Waals surface area (Å²) < 4.78 is 51.5. The molecule has 0 spiro atoms. The Balaban J connectivity index is 1.71. The standard InChI is InChI=1S/C34H39F2N3O7/c1-33(2,3)46-29(41)16-17-34(32(42)39-37-21-26-27(35)10-6-11-28(26)36)30(23-8-5-9-25(20-23)43-4)45-31(38-34)22-12-14-24(15-13-22)44-19-7-18-40/h5-6,8-15,20,30,37,40H,7,16-19,21H2,1-4H3,(H,39,42)/t30-,34-/m0/s1. The van der Waals surface area contributed by atoms with E-state index in [2.05, 4.69) is 10.9 Å². The number of carbonyl (C=O) groups excluding carboxylic acids is 2. The molecule has 0 aromatic heterocycles. The second kappa shape index (κ2) is 15.2. The second-order valence-corrected chi connectivity index (χ2v) is 11.7. The van der Waals surface area contributed by atoms with E-state index in [9.17, 15) is 18.4 Å². The van der Waals surface area contributed by atoms with Gasteiger partial charge in [-0.05, 0) is 81.3 Å². The summed E-state index contributed by atoms with van der Waals surface area (Å²) in [6.45, 7) is 5.21. The van der Waals surface area contributed by atoms with Crippen molar-refractivity contribution < 1.29 is 42.4 Å². The van der Waals surface area contributed by atoms with Gasteiger partial charge in [0.15, 0.2) is 11.6 Å². The zero-order chi connectivity index (χ0) is 33.3. The molecule has 1 aliphatic heterocycles. The van der Waals surface area contributed by atoms with Crippen LogP contribution in [0.15, 0.2) is 71.7 Å². The van der Waals surface area contributed by atoms with E-state index in [1.165, 1.54) is 13.2 Å². The Morgan fingerprint density at radius 2 is 1.72 bits per heavy atom. The molecule has 0 aliphatic carbocycles. The molecule has 10 nitrogen and oxygen atoms in total. The fraction of sp³-hybridized carbons (Fsp3) is 0.382. The molecule has 3 aromatic carbocycles. The van der Waals surface area contributed by atoms with Crippen molar-refractivity contribution in [1.82, 2.24) is 10.9 Å². The lowest BCUT2D eigenvalue weighted by Gasteiger charge is -2.31. The smallest absolute Gasteiger partial charge is 0.306 e. The maximum absolute atomic E-state index is 14.3. The number of hydrogen-bond acceptors (Lipinski definition) is 9. The average Bonchev–Trinajstić information content (AvgIpc) is 3.42. The third-order valence-corrected chi connectivity index (χ3v) is 7.09. The van der Waals surface area contributed by atoms with Crippen LogP contribution in [0.1, 0.15) is 62.8 Å². The molecule has 0 radical (unpaired) electrons. The molecule has 1 aliphatic rings. The summed E-state index contributed by atoms with van der Waals surface area (Å²) >= 11 is 0. The Morgan fingerprint density at radius 3 is 2.37 bits per heavy atom. The highest BCUT2D eigenvalue weighted by atomic mass is 19.1. The van der Waals surface area contributed by atoms with Crippen molar-refractivity contribution in [2.45, 2.75) is 63.8 Å². The van der Waals surface area contributed by atoms with Gasteiger partial charge in [0.2, 0.25) is 5.90 Å². The SMILES string of the molecule is COc1cccc([C@@H]2OC(c3ccc(OCCCO)cc3)=N[C@]2(CCC(=O)OC(C)(C)C)C(=O)NNCc2c(F)cccc2F)c1. The first-order chi connectivity index (χ1) is 22.0. The molecule has 1 amide bonds. The van der Waals surface area contributed by atoms with Crippen LogP contribution in [0.5, 0.6) is 11.5 Å². The maximum atomic E-state index is 14.3. The number of hydrazine groups is 1. The molecule has 2 atom stereocenters. The zero-order valence-electron chi connectivity index (χ0n) is 26.3. The Labute approximate surface area is 266 Å². The van der Waals surface area contributed by atoms with Gasteiger partial charge in [-0.25, -0.2) is 19.2 Å². The first-order valence-electron chi connectivity index (χ1n) is 14.9. The fourth-order valence-corrected chi connectivity index (χ4v) is 4.88. The summed E-state index contributed by atoms with van der Waals surface area (Å²) in [5.74, 6) is -1.58. The zero-order valence-corrected chi connectivity index (χ0v) is 26.3. The van der Waals surface area contributed by atoms with Crippen molar-refractivity contribution in [3.8, 4) is 11.5 Å². The number of hydrogen-bond donors (Lipinski definition) is 3. The predicted molar refractivity (Wildman–Crippen MR) is 166 cm³/mol. The normalized spacial score (nSPS) is 17.5. The number of aliphatic hydroxyl groups is 1. The first-order valence-corrected chi connectivity index (χ1v) is 14.9. The Kier molecular flexibility index (Phi) is 11.3. The van der Waals surface area contributed by atoms with E-state index >= 15 is 0 Å². The van der Waals surface area contributed by atoms with Crippen LogP contribution >= 0.6 is 0 Å². The lowest BCUT2D eigenvalue weighted by Crippen LogP contribution is -2.52. The first kappa shape index (κ1) is 34.3. The predicted octanol–water partition coefficient (Wildman–Crippen LogP) is 4.93. The largest absolute Gasteiger partial charge is 0.497 e. The molecule has 1 heterocycles. The van der Waals surface area contributed by atoms with Gasteiger partial charge in [0.25, 0.3) is 5.91 Å². The quantitative estimate of drug-likeness (QED) is 0.129. The van der Waals surface area contributed by atoms with E-state index in [-0.39, 0.29) is 37.5 Å². The van der Waals surface area contributed by atoms with Crippen LogP contribution in [-0.2, 0) is 25.6 Å². The Morgan fingerprint density at radius 1 is 1.02 bits per heavy atom. The highest BCUT2D eigenvalue weighted by Gasteiger charge is 2.53. The number of aliphatic hydroxyl groups excluding tert-OH is 1. The van der Waals surface area contributed by atoms with Gasteiger partial charge in [0, 0.05) is 37.1 Å². The highest BCUT2D eigenvalue weighted by molar-refractivity contribution is 6.01. The van der Waals surface area contributed by atoms with E-state index in [4.69, 9.17) is 29.0 Å². The maximum Gasteiger partial charge on any atom is 0.306 e. The molecule has 46 heavy (non-hydrogen) atoms. The minimum absolute atomic E-state index is 0.00587. The number of methoxy groups -OCH3 is 1. The molecule has 0 unspecified atom stereocenters. The average molecular weight is 640 g/mol. The van der Waals surface area contributed by atoms with Crippen LogP contribution in [0.2, 0.25) is 0 Å². The Bertz CT molecular complexity index is 1520. The summed E-state index contributed by atoms with van der Waals surface area (Å²) in [4.78, 5) is 31.9. The molecule has 12 heteroatoms. The molecule has 3 N–H and O–H groups in total. The molecule has 4 rings (SSSR count). The molecular formula is C34H39F2N3O7. The minimum Gasteiger partial charge on any atom is -0.497 e. The number of nitrogens with zero attached hydrogens (tertiary/aromatic N) is 1. The van der Waals surface area contributed by atoms with E-state index in [0.29, 0.717) is 35.7 Å². The van der Waals surface area contributed by atoms with Crippen molar-refractivity contribution in [2.24, 2.45) is 4.99 Å². The van der Waals surface area contributed by atoms with Crippen LogP contribution in [0.3, 0.4) is 0 Å². The molecule has 0 fully saturated rings. The number of aliphatic imine (C=N–C) groups is 1. The number of ether oxygens (including phenoxy) is 4. The number of rotatable bonds is 14. The minimum atomic E-state index is -1.73. The lowest BCUT2D eigenvalue weighted by molar-refractivity contribution is -0.155. The van der Waals surface area contributed by atoms with E-state index < -0.39 is 40.8 Å². The van der Waals surface area contributed by atoms with Crippen LogP contribution in [0.25, 0.3) is 0 Å². The monoisotopic (exact) mass is 639 g/mol. The topological polar surface area (TPSA) is 128 Å². The summed E-state index contributed by atoms with van der Waals surface area (Å²) in [6.07, 6.45) is -0.873. The van der Waals surface area contributed by atoms with Crippen molar-refractivity contribution in [2.75, 3.05) is 20.3 Å². The fourth-order valence-electron chi connectivity index (χ4n) is 4.88. The van der Waals surface area contributed by atoms with Crippen molar-refractivity contribution in [1.29, 1.82) is 0 Å². The molecule has 3 aromatic rings. The molecule has 246 valence electrons. The Hall–Kier alpha value is -4.55. The number of benzene rings is 3. The van der Waals surface area contributed by atoms with Crippen molar-refractivity contribution in [3.05, 3.63) is 95.1 Å². The van der Waals surface area contributed by atoms with E-state index in [0.717, 1.165) is 12.1 Å². The van der Waals surface area contributed by atoms with Gasteiger partial charge >= 0.3 is 5.97 Å². The van der Waals surface area contributed by atoms with Gasteiger partial charge in [-0.3, -0.25) is 15.0 Å². The van der Waals surface area contributed by atoms with Gasteiger partial charge in [0.05, 0.1) is 13.7 Å². The third kappa shape index (κ3) is 8.58. The van der Waals surface area contributed by atoms with Crippen molar-refractivity contribution in [3.63, 3.8) is 0 Å². The summed E-state index contributed by atoms with van der Waals surface area (Å²) in [7, 11) is 1.51. The molecule has 0 saturated heterocycles. The van der Waals surface area contributed by atoms with Gasteiger partial charge in [-0.1, -0.05) is 18.2 Å². The van der Waals surface area contributed by atoms with Gasteiger partial charge in [-0.15, -0.1) is 0 Å². The number of nitrogens with one attached hydrogen (secondary N) is 2. The second-order valence-electron chi connectivity index (χ2n) is 11.7. The highest BCUT2D eigenvalue weighted by Crippen LogP contribution is 2.44. The molecule has 0 bridgehead atoms. The van der Waals surface area contributed by atoms with Crippen LogP contribution in [0.4, 0.5) is 8.78 Å². The molecular weight excluding hydrogens is 600 g/mol. The number of amides is 1. The lowest BCUT2D eigenvalue weighted by atomic mass is 9.83. The van der Waals surface area contributed by atoms with E-state index in [1.54, 1.807) is 69.3 Å². The van der Waals surface area contributed by atoms with Gasteiger partial charge in [-0.2, -0.15) is 0 Å². The summed E-state index contributed by atoms with van der Waals surface area (Å²) in [5, 5.41) is 9.03. The van der Waals surface area contributed by atoms with Gasteiger partial charge < -0.3 is 24.1 Å². The van der Waals surface area contributed by atoms with Crippen LogP contribution in [-0.4, -0.2) is 54.3 Å². The number of carbonyl (C=O) groups is 2. The third-order valence-electron chi connectivity index (χ3n) is 7.09. The van der Waals surface area contributed by atoms with Crippen LogP contribution < -0.4 is 20.3 Å². The molecule has 0 saturated carbocycles. The number of esters is 1. The summed E-state index contributed by atoms with van der Waals surface area (Å²) in [6, 6.07) is 17.3.